The molecule has 0 aromatic heterocycles. The summed E-state index contributed by atoms with van der Waals surface area (Å²) in [6.07, 6.45) is 1.99. The Hall–Kier alpha value is -2.23. The molecule has 0 aliphatic carbocycles. The molecule has 1 heterocycles. The van der Waals surface area contributed by atoms with Crippen molar-refractivity contribution in [2.24, 2.45) is 5.14 Å². The van der Waals surface area contributed by atoms with E-state index in [0.717, 1.165) is 25.9 Å². The van der Waals surface area contributed by atoms with Gasteiger partial charge in [-0.3, -0.25) is 9.59 Å². The van der Waals surface area contributed by atoms with E-state index in [0.29, 0.717) is 21.3 Å². The lowest BCUT2D eigenvalue weighted by Gasteiger charge is -2.18. The molecule has 3 rings (SSSR count). The highest BCUT2D eigenvalue weighted by Gasteiger charge is 2.22. The fraction of sp³-hybridized carbons (Fsp3) is 0.263. The smallest absolute Gasteiger partial charge is 0.256 e. The Balaban J connectivity index is 1.89. The van der Waals surface area contributed by atoms with Gasteiger partial charge in [-0.2, -0.15) is 0 Å². The summed E-state index contributed by atoms with van der Waals surface area (Å²) >= 11 is 3.25. The predicted molar refractivity (Wildman–Crippen MR) is 110 cm³/mol. The predicted octanol–water partition coefficient (Wildman–Crippen LogP) is 2.89. The first-order valence-corrected chi connectivity index (χ1v) is 11.0. The standard InChI is InChI=1S/C19H20BrN3O4S/c1-12-14(19(25)23-9-2-3-10-23)5-4-6-17(12)22-18(24)15-11-13(28(21,26)27)7-8-16(15)20/h4-8,11H,2-3,9-10H2,1H3,(H,22,24)(H2,21,26,27). The van der Waals surface area contributed by atoms with E-state index in [2.05, 4.69) is 21.2 Å². The number of amides is 2. The number of rotatable bonds is 4. The van der Waals surface area contributed by atoms with Crippen molar-refractivity contribution < 1.29 is 18.0 Å². The van der Waals surface area contributed by atoms with Gasteiger partial charge in [-0.15, -0.1) is 0 Å². The van der Waals surface area contributed by atoms with Crippen LogP contribution in [-0.4, -0.2) is 38.2 Å². The van der Waals surface area contributed by atoms with Gasteiger partial charge in [0.05, 0.1) is 10.5 Å². The third-order valence-electron chi connectivity index (χ3n) is 4.72. The molecule has 0 unspecified atom stereocenters. The van der Waals surface area contributed by atoms with E-state index in [-0.39, 0.29) is 16.4 Å². The topological polar surface area (TPSA) is 110 Å². The quantitative estimate of drug-likeness (QED) is 0.722. The molecule has 28 heavy (non-hydrogen) atoms. The summed E-state index contributed by atoms with van der Waals surface area (Å²) in [7, 11) is -3.94. The number of hydrogen-bond donors (Lipinski definition) is 2. The zero-order valence-electron chi connectivity index (χ0n) is 15.2. The second-order valence-corrected chi connectivity index (χ2v) is 9.03. The van der Waals surface area contributed by atoms with Gasteiger partial charge in [0, 0.05) is 28.8 Å². The molecule has 3 N–H and O–H groups in total. The van der Waals surface area contributed by atoms with Crippen LogP contribution in [0.5, 0.6) is 0 Å². The molecule has 0 bridgehead atoms. The number of halogens is 1. The van der Waals surface area contributed by atoms with E-state index < -0.39 is 15.9 Å². The van der Waals surface area contributed by atoms with Gasteiger partial charge >= 0.3 is 0 Å². The van der Waals surface area contributed by atoms with Gasteiger partial charge in [-0.1, -0.05) is 6.07 Å². The SMILES string of the molecule is Cc1c(NC(=O)c2cc(S(N)(=O)=O)ccc2Br)cccc1C(=O)N1CCCC1. The number of anilines is 1. The maximum absolute atomic E-state index is 12.7. The minimum atomic E-state index is -3.94. The molecule has 9 heteroatoms. The molecule has 1 fully saturated rings. The Morgan fingerprint density at radius 1 is 1.11 bits per heavy atom. The van der Waals surface area contributed by atoms with Crippen LogP contribution in [0, 0.1) is 6.92 Å². The van der Waals surface area contributed by atoms with Crippen molar-refractivity contribution in [1.82, 2.24) is 4.90 Å². The normalized spacial score (nSPS) is 14.2. The third kappa shape index (κ3) is 4.26. The molecule has 0 spiro atoms. The maximum atomic E-state index is 12.7. The van der Waals surface area contributed by atoms with E-state index in [9.17, 15) is 18.0 Å². The second kappa shape index (κ2) is 8.02. The molecule has 0 saturated carbocycles. The van der Waals surface area contributed by atoms with Gasteiger partial charge in [0.25, 0.3) is 11.8 Å². The number of nitrogens with one attached hydrogen (secondary N) is 1. The minimum Gasteiger partial charge on any atom is -0.339 e. The molecule has 7 nitrogen and oxygen atoms in total. The average molecular weight is 466 g/mol. The highest BCUT2D eigenvalue weighted by Crippen LogP contribution is 2.25. The lowest BCUT2D eigenvalue weighted by atomic mass is 10.0. The van der Waals surface area contributed by atoms with Crippen LogP contribution in [0.2, 0.25) is 0 Å². The fourth-order valence-electron chi connectivity index (χ4n) is 3.14. The highest BCUT2D eigenvalue weighted by molar-refractivity contribution is 9.10. The summed E-state index contributed by atoms with van der Waals surface area (Å²) in [5.74, 6) is -0.560. The molecule has 2 aromatic carbocycles. The van der Waals surface area contributed by atoms with Crippen LogP contribution >= 0.6 is 15.9 Å². The molecular formula is C19H20BrN3O4S. The fourth-order valence-corrected chi connectivity index (χ4v) is 4.10. The zero-order chi connectivity index (χ0) is 20.5. The molecule has 0 atom stereocenters. The Bertz CT molecular complexity index is 1050. The largest absolute Gasteiger partial charge is 0.339 e. The van der Waals surface area contributed by atoms with Crippen molar-refractivity contribution in [1.29, 1.82) is 0 Å². The maximum Gasteiger partial charge on any atom is 0.256 e. The molecule has 1 aliphatic rings. The first-order chi connectivity index (χ1) is 13.2. The Morgan fingerprint density at radius 2 is 1.79 bits per heavy atom. The number of carbonyl (C=O) groups is 2. The van der Waals surface area contributed by atoms with Crippen molar-refractivity contribution in [2.75, 3.05) is 18.4 Å². The van der Waals surface area contributed by atoms with Crippen LogP contribution < -0.4 is 10.5 Å². The van der Waals surface area contributed by atoms with E-state index in [4.69, 9.17) is 5.14 Å². The van der Waals surface area contributed by atoms with E-state index >= 15 is 0 Å². The molecule has 1 saturated heterocycles. The Morgan fingerprint density at radius 3 is 2.43 bits per heavy atom. The lowest BCUT2D eigenvalue weighted by molar-refractivity contribution is 0.0791. The Kier molecular flexibility index (Phi) is 5.87. The molecule has 148 valence electrons. The van der Waals surface area contributed by atoms with Gasteiger partial charge in [0.1, 0.15) is 0 Å². The van der Waals surface area contributed by atoms with Gasteiger partial charge < -0.3 is 10.2 Å². The molecule has 2 aromatic rings. The summed E-state index contributed by atoms with van der Waals surface area (Å²) in [5, 5.41) is 7.91. The van der Waals surface area contributed by atoms with E-state index in [1.54, 1.807) is 30.0 Å². The summed E-state index contributed by atoms with van der Waals surface area (Å²) in [5.41, 5.74) is 1.81. The monoisotopic (exact) mass is 465 g/mol. The number of carbonyl (C=O) groups excluding carboxylic acids is 2. The highest BCUT2D eigenvalue weighted by atomic mass is 79.9. The molecule has 0 radical (unpaired) electrons. The lowest BCUT2D eigenvalue weighted by Crippen LogP contribution is -2.28. The van der Waals surface area contributed by atoms with Crippen molar-refractivity contribution >= 4 is 43.5 Å². The summed E-state index contributed by atoms with van der Waals surface area (Å²) < 4.78 is 23.6. The van der Waals surface area contributed by atoms with Crippen LogP contribution in [0.25, 0.3) is 0 Å². The van der Waals surface area contributed by atoms with Crippen LogP contribution in [0.1, 0.15) is 39.1 Å². The van der Waals surface area contributed by atoms with Crippen LogP contribution in [0.4, 0.5) is 5.69 Å². The van der Waals surface area contributed by atoms with E-state index in [1.165, 1.54) is 18.2 Å². The summed E-state index contributed by atoms with van der Waals surface area (Å²) in [6.45, 7) is 3.25. The second-order valence-electron chi connectivity index (χ2n) is 6.62. The number of hydrogen-bond acceptors (Lipinski definition) is 4. The van der Waals surface area contributed by atoms with Crippen LogP contribution in [0.3, 0.4) is 0 Å². The first-order valence-electron chi connectivity index (χ1n) is 8.71. The molecular weight excluding hydrogens is 446 g/mol. The average Bonchev–Trinajstić information content (AvgIpc) is 3.17. The number of benzene rings is 2. The van der Waals surface area contributed by atoms with Gasteiger partial charge in [-0.25, -0.2) is 13.6 Å². The minimum absolute atomic E-state index is 0.0523. The number of nitrogens with zero attached hydrogens (tertiary/aromatic N) is 1. The number of sulfonamides is 1. The molecule has 2 amide bonds. The van der Waals surface area contributed by atoms with Crippen molar-refractivity contribution in [3.63, 3.8) is 0 Å². The van der Waals surface area contributed by atoms with E-state index in [1.807, 2.05) is 0 Å². The van der Waals surface area contributed by atoms with Crippen LogP contribution in [0.15, 0.2) is 45.8 Å². The first kappa shape index (κ1) is 20.5. The van der Waals surface area contributed by atoms with Crippen molar-refractivity contribution in [3.05, 3.63) is 57.6 Å². The van der Waals surface area contributed by atoms with Gasteiger partial charge in [0.2, 0.25) is 10.0 Å². The van der Waals surface area contributed by atoms with Crippen molar-refractivity contribution in [3.8, 4) is 0 Å². The van der Waals surface area contributed by atoms with Crippen molar-refractivity contribution in [2.45, 2.75) is 24.7 Å². The van der Waals surface area contributed by atoms with Gasteiger partial charge in [-0.05, 0) is 71.6 Å². The summed E-state index contributed by atoms with van der Waals surface area (Å²) in [4.78, 5) is 27.1. The number of likely N-dealkylation sites (tertiary alicyclic amines) is 1. The Labute approximate surface area is 172 Å². The number of nitrogens with two attached hydrogens (primary N) is 1. The number of primary sulfonamides is 1. The molecule has 1 aliphatic heterocycles. The summed E-state index contributed by atoms with van der Waals surface area (Å²) in [6, 6.07) is 9.13. The van der Waals surface area contributed by atoms with Gasteiger partial charge in [0.15, 0.2) is 0 Å². The zero-order valence-corrected chi connectivity index (χ0v) is 17.6. The third-order valence-corrected chi connectivity index (χ3v) is 6.32. The van der Waals surface area contributed by atoms with Crippen LogP contribution in [-0.2, 0) is 10.0 Å².